The van der Waals surface area contributed by atoms with E-state index in [9.17, 15) is 9.90 Å². The van der Waals surface area contributed by atoms with Gasteiger partial charge in [0.15, 0.2) is 17.5 Å². The van der Waals surface area contributed by atoms with E-state index >= 15 is 0 Å². The van der Waals surface area contributed by atoms with Crippen LogP contribution in [0.15, 0.2) is 29.3 Å². The van der Waals surface area contributed by atoms with E-state index < -0.39 is 12.0 Å². The van der Waals surface area contributed by atoms with Gasteiger partial charge in [-0.2, -0.15) is 0 Å². The fourth-order valence-corrected chi connectivity index (χ4v) is 2.57. The van der Waals surface area contributed by atoms with E-state index in [0.717, 1.165) is 24.8 Å². The molecule has 2 rings (SSSR count). The molecule has 1 unspecified atom stereocenters. The number of carbonyl (C=O) groups is 1. The Kier molecular flexibility index (Phi) is 8.97. The van der Waals surface area contributed by atoms with E-state index in [1.54, 1.807) is 6.92 Å². The number of aliphatic hydroxyl groups is 2. The van der Waals surface area contributed by atoms with Crippen molar-refractivity contribution in [3.63, 3.8) is 0 Å². The Bertz CT molecular complexity index is 903. The van der Waals surface area contributed by atoms with Gasteiger partial charge in [-0.15, -0.1) is 0 Å². The lowest BCUT2D eigenvalue weighted by atomic mass is 10.1. The Morgan fingerprint density at radius 1 is 1.19 bits per heavy atom. The van der Waals surface area contributed by atoms with Crippen molar-refractivity contribution in [3.8, 4) is 5.75 Å². The number of amides is 1. The Balaban J connectivity index is 1.73. The zero-order chi connectivity index (χ0) is 22.8. The molecule has 11 heteroatoms. The van der Waals surface area contributed by atoms with E-state index in [1.807, 2.05) is 24.3 Å². The fraction of sp³-hybridized carbons (Fsp3) is 0.400. The molecule has 31 heavy (non-hydrogen) atoms. The topological polar surface area (TPSA) is 195 Å². The van der Waals surface area contributed by atoms with Crippen LogP contribution in [0.4, 0.5) is 11.6 Å². The molecule has 1 aromatic carbocycles. The van der Waals surface area contributed by atoms with E-state index in [2.05, 4.69) is 20.3 Å². The summed E-state index contributed by atoms with van der Waals surface area (Å²) < 4.78 is 5.37. The predicted octanol–water partition coefficient (Wildman–Crippen LogP) is -0.251. The summed E-state index contributed by atoms with van der Waals surface area (Å²) in [5, 5.41) is 20.5. The molecule has 1 amide bonds. The molecule has 2 aromatic rings. The van der Waals surface area contributed by atoms with Gasteiger partial charge in [0, 0.05) is 6.54 Å². The third-order valence-electron chi connectivity index (χ3n) is 4.32. The molecular formula is C20H29N7O4. The van der Waals surface area contributed by atoms with Crippen molar-refractivity contribution in [2.75, 3.05) is 31.2 Å². The van der Waals surface area contributed by atoms with Crippen LogP contribution >= 0.6 is 0 Å². The Hall–Kier alpha value is -3.44. The number of hydrogen-bond donors (Lipinski definition) is 6. The molecule has 0 aliphatic carbocycles. The van der Waals surface area contributed by atoms with Gasteiger partial charge in [-0.05, 0) is 43.9 Å². The highest BCUT2D eigenvalue weighted by Gasteiger charge is 2.15. The van der Waals surface area contributed by atoms with Crippen molar-refractivity contribution in [2.45, 2.75) is 32.3 Å². The lowest BCUT2D eigenvalue weighted by molar-refractivity contribution is 0.0536. The number of anilines is 2. The zero-order valence-electron chi connectivity index (χ0n) is 17.4. The van der Waals surface area contributed by atoms with Gasteiger partial charge in [-0.3, -0.25) is 15.1 Å². The minimum absolute atomic E-state index is 0.0211. The summed E-state index contributed by atoms with van der Waals surface area (Å²) in [6.07, 6.45) is 1.61. The SMILES string of the molecule is Cc1nc(C(=O)NC(N)=NCCCCc2ccc(OCC(O)CO)cc2)c(N)nc1N. The van der Waals surface area contributed by atoms with E-state index in [0.29, 0.717) is 18.0 Å². The number of aliphatic imine (C=N–C) groups is 1. The summed E-state index contributed by atoms with van der Waals surface area (Å²) in [6, 6.07) is 7.52. The van der Waals surface area contributed by atoms with Crippen LogP contribution in [0.25, 0.3) is 0 Å². The van der Waals surface area contributed by atoms with Crippen LogP contribution in [0, 0.1) is 6.92 Å². The molecule has 0 radical (unpaired) electrons. The molecule has 0 bridgehead atoms. The highest BCUT2D eigenvalue weighted by atomic mass is 16.5. The summed E-state index contributed by atoms with van der Waals surface area (Å²) in [4.78, 5) is 24.2. The number of nitrogen functional groups attached to an aromatic ring is 2. The first-order chi connectivity index (χ1) is 14.8. The molecule has 11 nitrogen and oxygen atoms in total. The smallest absolute Gasteiger partial charge is 0.280 e. The van der Waals surface area contributed by atoms with Crippen molar-refractivity contribution >= 4 is 23.5 Å². The number of benzene rings is 1. The molecule has 0 fully saturated rings. The van der Waals surface area contributed by atoms with Gasteiger partial charge in [0.2, 0.25) is 0 Å². The van der Waals surface area contributed by atoms with Crippen LogP contribution in [-0.4, -0.2) is 57.9 Å². The highest BCUT2D eigenvalue weighted by Crippen LogP contribution is 2.14. The van der Waals surface area contributed by atoms with Crippen molar-refractivity contribution in [1.82, 2.24) is 15.3 Å². The van der Waals surface area contributed by atoms with Crippen LogP contribution in [0.1, 0.15) is 34.6 Å². The van der Waals surface area contributed by atoms with Gasteiger partial charge < -0.3 is 32.2 Å². The number of rotatable bonds is 10. The number of ether oxygens (including phenoxy) is 1. The maximum Gasteiger partial charge on any atom is 0.280 e. The van der Waals surface area contributed by atoms with E-state index in [-0.39, 0.29) is 36.5 Å². The maximum atomic E-state index is 12.2. The molecule has 9 N–H and O–H groups in total. The van der Waals surface area contributed by atoms with Gasteiger partial charge in [-0.1, -0.05) is 12.1 Å². The lowest BCUT2D eigenvalue weighted by Crippen LogP contribution is -2.38. The number of aryl methyl sites for hydroxylation is 2. The highest BCUT2D eigenvalue weighted by molar-refractivity contribution is 6.06. The largest absolute Gasteiger partial charge is 0.491 e. The van der Waals surface area contributed by atoms with Gasteiger partial charge in [0.1, 0.15) is 24.3 Å². The van der Waals surface area contributed by atoms with Crippen LogP contribution in [0.5, 0.6) is 5.75 Å². The number of hydrogen-bond acceptors (Lipinski definition) is 9. The molecule has 0 spiro atoms. The summed E-state index contributed by atoms with van der Waals surface area (Å²) in [5.74, 6) is 0.106. The second-order valence-corrected chi connectivity index (χ2v) is 6.90. The first-order valence-corrected chi connectivity index (χ1v) is 9.81. The quantitative estimate of drug-likeness (QED) is 0.167. The monoisotopic (exact) mass is 431 g/mol. The summed E-state index contributed by atoms with van der Waals surface area (Å²) >= 11 is 0. The number of nitrogens with zero attached hydrogens (tertiary/aromatic N) is 3. The lowest BCUT2D eigenvalue weighted by Gasteiger charge is -2.10. The van der Waals surface area contributed by atoms with Crippen molar-refractivity contribution < 1.29 is 19.7 Å². The van der Waals surface area contributed by atoms with Crippen LogP contribution in [0.2, 0.25) is 0 Å². The van der Waals surface area contributed by atoms with Gasteiger partial charge in [0.25, 0.3) is 5.91 Å². The fourth-order valence-electron chi connectivity index (χ4n) is 2.57. The summed E-state index contributed by atoms with van der Waals surface area (Å²) in [5.41, 5.74) is 18.5. The summed E-state index contributed by atoms with van der Waals surface area (Å²) in [6.45, 7) is 1.79. The maximum absolute atomic E-state index is 12.2. The molecule has 0 saturated heterocycles. The van der Waals surface area contributed by atoms with Crippen molar-refractivity contribution in [2.24, 2.45) is 10.7 Å². The number of nitrogens with two attached hydrogens (primary N) is 3. The number of nitrogens with one attached hydrogen (secondary N) is 1. The van der Waals surface area contributed by atoms with Crippen LogP contribution in [0.3, 0.4) is 0 Å². The molecule has 0 aliphatic heterocycles. The molecule has 1 aromatic heterocycles. The van der Waals surface area contributed by atoms with Gasteiger partial charge in [-0.25, -0.2) is 9.97 Å². The molecule has 168 valence electrons. The zero-order valence-corrected chi connectivity index (χ0v) is 17.4. The molecule has 1 atom stereocenters. The minimum Gasteiger partial charge on any atom is -0.491 e. The molecule has 0 aliphatic rings. The predicted molar refractivity (Wildman–Crippen MR) is 118 cm³/mol. The van der Waals surface area contributed by atoms with E-state index in [4.69, 9.17) is 27.0 Å². The summed E-state index contributed by atoms with van der Waals surface area (Å²) in [7, 11) is 0. The average molecular weight is 431 g/mol. The first kappa shape index (κ1) is 23.8. The van der Waals surface area contributed by atoms with E-state index in [1.165, 1.54) is 0 Å². The second kappa shape index (κ2) is 11.7. The first-order valence-electron chi connectivity index (χ1n) is 9.81. The molecule has 1 heterocycles. The number of aliphatic hydroxyl groups excluding tert-OH is 2. The second-order valence-electron chi connectivity index (χ2n) is 6.90. The normalized spacial score (nSPS) is 12.4. The Morgan fingerprint density at radius 2 is 1.90 bits per heavy atom. The minimum atomic E-state index is -0.890. The van der Waals surface area contributed by atoms with Crippen LogP contribution < -0.4 is 27.3 Å². The van der Waals surface area contributed by atoms with Crippen molar-refractivity contribution in [1.29, 1.82) is 0 Å². The molecule has 0 saturated carbocycles. The number of unbranched alkanes of at least 4 members (excludes halogenated alkanes) is 1. The Labute approximate surface area is 180 Å². The Morgan fingerprint density at radius 3 is 2.58 bits per heavy atom. The van der Waals surface area contributed by atoms with Gasteiger partial charge >= 0.3 is 0 Å². The number of carbonyl (C=O) groups excluding carboxylic acids is 1. The third-order valence-corrected chi connectivity index (χ3v) is 4.32. The molecular weight excluding hydrogens is 402 g/mol. The van der Waals surface area contributed by atoms with Gasteiger partial charge in [0.05, 0.1) is 12.3 Å². The van der Waals surface area contributed by atoms with Crippen LogP contribution in [-0.2, 0) is 6.42 Å². The number of guanidine groups is 1. The number of aromatic nitrogens is 2. The van der Waals surface area contributed by atoms with Crippen molar-refractivity contribution in [3.05, 3.63) is 41.2 Å². The average Bonchev–Trinajstić information content (AvgIpc) is 2.75. The standard InChI is InChI=1S/C20H29N7O4/c1-12-17(21)26-18(22)16(25-12)19(30)27-20(23)24-9-3-2-4-13-5-7-15(8-6-13)31-11-14(29)10-28/h5-8,14,28-29H,2-4,9-11H2,1H3,(H4,21,22,26)(H3,23,24,27,30). The third kappa shape index (κ3) is 7.72.